The van der Waals surface area contributed by atoms with Crippen molar-refractivity contribution in [1.82, 2.24) is 4.98 Å². The van der Waals surface area contributed by atoms with Crippen molar-refractivity contribution < 1.29 is 17.9 Å². The first-order chi connectivity index (χ1) is 9.46. The van der Waals surface area contributed by atoms with E-state index in [0.29, 0.717) is 11.2 Å². The van der Waals surface area contributed by atoms with Crippen LogP contribution < -0.4 is 10.9 Å². The summed E-state index contributed by atoms with van der Waals surface area (Å²) in [6.07, 6.45) is -4.32. The molecule has 108 valence electrons. The molecule has 7 heteroatoms. The van der Waals surface area contributed by atoms with Crippen LogP contribution in [0.25, 0.3) is 10.8 Å². The Morgan fingerprint density at radius 1 is 1.25 bits per heavy atom. The second-order valence-corrected chi connectivity index (χ2v) is 4.19. The molecule has 0 amide bonds. The molecule has 0 aliphatic heterocycles. The molecule has 0 fully saturated rings. The van der Waals surface area contributed by atoms with Crippen LogP contribution in [0.15, 0.2) is 35.1 Å². The minimum absolute atomic E-state index is 0.103. The highest BCUT2D eigenvalue weighted by molar-refractivity contribution is 5.83. The van der Waals surface area contributed by atoms with E-state index in [1.54, 1.807) is 30.3 Å². The smallest absolute Gasteiger partial charge is 0.370 e. The molecular formula is C13H13F3N2O2. The standard InChI is InChI=1S/C13H13F3N2O2/c14-13(15,16)8-20-6-5-17-11-7-9-3-1-2-4-10(9)12(19)18-11/h1-4,7H,5-6,8H2,(H2,17,18,19). The second kappa shape index (κ2) is 5.96. The Morgan fingerprint density at radius 3 is 2.75 bits per heavy atom. The molecule has 0 spiro atoms. The first-order valence-electron chi connectivity index (χ1n) is 5.96. The molecule has 0 aliphatic carbocycles. The van der Waals surface area contributed by atoms with E-state index in [2.05, 4.69) is 15.0 Å². The van der Waals surface area contributed by atoms with Crippen LogP contribution in [-0.2, 0) is 4.74 Å². The molecule has 0 unspecified atom stereocenters. The van der Waals surface area contributed by atoms with Crippen LogP contribution >= 0.6 is 0 Å². The Morgan fingerprint density at radius 2 is 2.00 bits per heavy atom. The fourth-order valence-electron chi connectivity index (χ4n) is 1.75. The average molecular weight is 286 g/mol. The van der Waals surface area contributed by atoms with Crippen molar-refractivity contribution in [3.63, 3.8) is 0 Å². The van der Waals surface area contributed by atoms with Gasteiger partial charge in [-0.15, -0.1) is 0 Å². The van der Waals surface area contributed by atoms with Crippen molar-refractivity contribution in [3.05, 3.63) is 40.7 Å². The van der Waals surface area contributed by atoms with Crippen LogP contribution in [-0.4, -0.2) is 30.9 Å². The average Bonchev–Trinajstić information content (AvgIpc) is 2.37. The molecule has 0 aliphatic rings. The molecule has 0 bridgehead atoms. The van der Waals surface area contributed by atoms with Crippen molar-refractivity contribution in [2.45, 2.75) is 6.18 Å². The number of ether oxygens (including phenoxy) is 1. The van der Waals surface area contributed by atoms with Crippen LogP contribution in [0.1, 0.15) is 0 Å². The monoisotopic (exact) mass is 286 g/mol. The molecule has 2 rings (SSSR count). The van der Waals surface area contributed by atoms with Crippen molar-refractivity contribution in [2.75, 3.05) is 25.1 Å². The first kappa shape index (κ1) is 14.4. The molecule has 0 saturated heterocycles. The van der Waals surface area contributed by atoms with Gasteiger partial charge < -0.3 is 15.0 Å². The number of hydrogen-bond acceptors (Lipinski definition) is 3. The SMILES string of the molecule is O=c1[nH]c(NCCOCC(F)(F)F)cc2ccccc12. The third-order valence-corrected chi connectivity index (χ3v) is 2.58. The maximum atomic E-state index is 11.8. The van der Waals surface area contributed by atoms with E-state index in [9.17, 15) is 18.0 Å². The number of alkyl halides is 3. The Balaban J connectivity index is 1.92. The van der Waals surface area contributed by atoms with Crippen LogP contribution in [0.2, 0.25) is 0 Å². The van der Waals surface area contributed by atoms with Crippen molar-refractivity contribution in [3.8, 4) is 0 Å². The summed E-state index contributed by atoms with van der Waals surface area (Å²) >= 11 is 0. The number of pyridine rings is 1. The van der Waals surface area contributed by atoms with Crippen molar-refractivity contribution in [2.24, 2.45) is 0 Å². The third-order valence-electron chi connectivity index (χ3n) is 2.58. The summed E-state index contributed by atoms with van der Waals surface area (Å²) in [5.74, 6) is 0.448. The van der Waals surface area contributed by atoms with Gasteiger partial charge >= 0.3 is 6.18 Å². The zero-order chi connectivity index (χ0) is 14.6. The molecule has 1 heterocycles. The minimum atomic E-state index is -4.32. The number of fused-ring (bicyclic) bond motifs is 1. The van der Waals surface area contributed by atoms with E-state index < -0.39 is 12.8 Å². The Labute approximate surface area is 112 Å². The largest absolute Gasteiger partial charge is 0.411 e. The number of halogens is 3. The number of hydrogen-bond donors (Lipinski definition) is 2. The number of rotatable bonds is 5. The summed E-state index contributed by atoms with van der Waals surface area (Å²) in [5.41, 5.74) is -0.248. The zero-order valence-corrected chi connectivity index (χ0v) is 10.5. The van der Waals surface area contributed by atoms with E-state index in [0.717, 1.165) is 5.39 Å². The molecule has 4 nitrogen and oxygen atoms in total. The highest BCUT2D eigenvalue weighted by atomic mass is 19.4. The summed E-state index contributed by atoms with van der Waals surface area (Å²) in [6, 6.07) is 8.77. The van der Waals surface area contributed by atoms with Gasteiger partial charge in [0.25, 0.3) is 5.56 Å². The van der Waals surface area contributed by atoms with Gasteiger partial charge in [-0.3, -0.25) is 4.79 Å². The highest BCUT2D eigenvalue weighted by Crippen LogP contribution is 2.14. The second-order valence-electron chi connectivity index (χ2n) is 4.19. The summed E-state index contributed by atoms with van der Waals surface area (Å²) in [4.78, 5) is 14.4. The number of aromatic amines is 1. The normalized spacial score (nSPS) is 11.8. The Hall–Kier alpha value is -2.02. The lowest BCUT2D eigenvalue weighted by Crippen LogP contribution is -2.20. The summed E-state index contributed by atoms with van der Waals surface area (Å²) < 4.78 is 40.0. The molecule has 1 aromatic heterocycles. The molecule has 0 radical (unpaired) electrons. The summed E-state index contributed by atoms with van der Waals surface area (Å²) in [7, 11) is 0. The predicted molar refractivity (Wildman–Crippen MR) is 69.9 cm³/mol. The van der Waals surface area contributed by atoms with Gasteiger partial charge in [0.05, 0.1) is 6.61 Å². The van der Waals surface area contributed by atoms with Gasteiger partial charge in [-0.05, 0) is 17.5 Å². The van der Waals surface area contributed by atoms with E-state index in [1.807, 2.05) is 0 Å². The lowest BCUT2D eigenvalue weighted by Gasteiger charge is -2.09. The molecule has 20 heavy (non-hydrogen) atoms. The topological polar surface area (TPSA) is 54.1 Å². The molecule has 0 atom stereocenters. The Bertz CT molecular complexity index is 637. The van der Waals surface area contributed by atoms with E-state index in [1.165, 1.54) is 0 Å². The Kier molecular flexibility index (Phi) is 4.29. The van der Waals surface area contributed by atoms with Gasteiger partial charge in [0.1, 0.15) is 12.4 Å². The quantitative estimate of drug-likeness (QED) is 0.830. The molecule has 2 aromatic rings. The van der Waals surface area contributed by atoms with Crippen LogP contribution in [0.4, 0.5) is 19.0 Å². The first-order valence-corrected chi connectivity index (χ1v) is 5.96. The lowest BCUT2D eigenvalue weighted by molar-refractivity contribution is -0.172. The van der Waals surface area contributed by atoms with Crippen LogP contribution in [0.3, 0.4) is 0 Å². The van der Waals surface area contributed by atoms with Gasteiger partial charge in [-0.2, -0.15) is 13.2 Å². The number of anilines is 1. The number of H-pyrrole nitrogens is 1. The zero-order valence-electron chi connectivity index (χ0n) is 10.5. The third kappa shape index (κ3) is 3.99. The van der Waals surface area contributed by atoms with Gasteiger partial charge in [0, 0.05) is 11.9 Å². The van der Waals surface area contributed by atoms with E-state index in [-0.39, 0.29) is 18.7 Å². The fourth-order valence-corrected chi connectivity index (χ4v) is 1.75. The minimum Gasteiger partial charge on any atom is -0.370 e. The summed E-state index contributed by atoms with van der Waals surface area (Å²) in [5, 5.41) is 4.14. The van der Waals surface area contributed by atoms with Crippen molar-refractivity contribution in [1.29, 1.82) is 0 Å². The highest BCUT2D eigenvalue weighted by Gasteiger charge is 2.27. The molecule has 2 N–H and O–H groups in total. The molecule has 1 aromatic carbocycles. The maximum absolute atomic E-state index is 11.8. The van der Waals surface area contributed by atoms with Crippen LogP contribution in [0.5, 0.6) is 0 Å². The van der Waals surface area contributed by atoms with Gasteiger partial charge in [-0.1, -0.05) is 18.2 Å². The van der Waals surface area contributed by atoms with Gasteiger partial charge in [0.2, 0.25) is 0 Å². The maximum Gasteiger partial charge on any atom is 0.411 e. The number of nitrogens with one attached hydrogen (secondary N) is 2. The fraction of sp³-hybridized carbons (Fsp3) is 0.308. The van der Waals surface area contributed by atoms with E-state index >= 15 is 0 Å². The van der Waals surface area contributed by atoms with Gasteiger partial charge in [-0.25, -0.2) is 0 Å². The van der Waals surface area contributed by atoms with Crippen LogP contribution in [0, 0.1) is 0 Å². The molecular weight excluding hydrogens is 273 g/mol. The number of aromatic nitrogens is 1. The lowest BCUT2D eigenvalue weighted by atomic mass is 10.2. The van der Waals surface area contributed by atoms with Crippen molar-refractivity contribution >= 4 is 16.6 Å². The van der Waals surface area contributed by atoms with Gasteiger partial charge in [0.15, 0.2) is 0 Å². The number of benzene rings is 1. The van der Waals surface area contributed by atoms with E-state index in [4.69, 9.17) is 0 Å². The summed E-state index contributed by atoms with van der Waals surface area (Å²) in [6.45, 7) is -1.21. The molecule has 0 saturated carbocycles. The predicted octanol–water partition coefficient (Wildman–Crippen LogP) is 2.52.